The lowest BCUT2D eigenvalue weighted by Gasteiger charge is -2.31. The normalized spacial score (nSPS) is 17.2. The molecule has 0 bridgehead atoms. The van der Waals surface area contributed by atoms with Crippen molar-refractivity contribution >= 4 is 41.6 Å². The molecule has 1 aromatic heterocycles. The van der Waals surface area contributed by atoms with Crippen LogP contribution in [-0.4, -0.2) is 39.1 Å². The quantitative estimate of drug-likeness (QED) is 0.535. The number of hydrogen-bond donors (Lipinski definition) is 1. The number of halogens is 4. The fraction of sp³-hybridized carbons (Fsp3) is 0.435. The highest BCUT2D eigenvalue weighted by Crippen LogP contribution is 2.33. The van der Waals surface area contributed by atoms with Crippen LogP contribution in [0.5, 0.6) is 5.75 Å². The number of benzene rings is 1. The molecule has 0 spiro atoms. The van der Waals surface area contributed by atoms with Gasteiger partial charge in [-0.1, -0.05) is 43.7 Å². The van der Waals surface area contributed by atoms with Gasteiger partial charge in [0.1, 0.15) is 11.8 Å². The summed E-state index contributed by atoms with van der Waals surface area (Å²) >= 11 is 5.73. The molecule has 2 aliphatic rings. The van der Waals surface area contributed by atoms with Crippen molar-refractivity contribution in [3.8, 4) is 5.75 Å². The van der Waals surface area contributed by atoms with Gasteiger partial charge >= 0.3 is 0 Å². The zero-order valence-corrected chi connectivity index (χ0v) is 20.2. The van der Waals surface area contributed by atoms with E-state index in [1.54, 1.807) is 24.0 Å². The highest BCUT2D eigenvalue weighted by atomic mass is 35.5. The average Bonchev–Trinajstić information content (AvgIpc) is 3.37. The molecule has 1 saturated carbocycles. The van der Waals surface area contributed by atoms with Gasteiger partial charge in [0.15, 0.2) is 23.2 Å². The van der Waals surface area contributed by atoms with Gasteiger partial charge in [-0.05, 0) is 24.5 Å². The number of aromatic nitrogens is 2. The first kappa shape index (κ1) is 26.0. The van der Waals surface area contributed by atoms with Gasteiger partial charge in [-0.3, -0.25) is 14.3 Å². The molecule has 4 rings (SSSR count). The lowest BCUT2D eigenvalue weighted by molar-refractivity contribution is -0.134. The molecule has 1 atom stereocenters. The van der Waals surface area contributed by atoms with E-state index in [9.17, 15) is 18.4 Å². The van der Waals surface area contributed by atoms with E-state index < -0.39 is 29.3 Å². The smallest absolute Gasteiger partial charge is 0.251 e. The van der Waals surface area contributed by atoms with E-state index in [0.717, 1.165) is 43.9 Å². The van der Waals surface area contributed by atoms with Gasteiger partial charge in [0.2, 0.25) is 5.91 Å². The molecule has 1 aliphatic carbocycles. The van der Waals surface area contributed by atoms with Gasteiger partial charge in [0.05, 0.1) is 11.6 Å². The van der Waals surface area contributed by atoms with Crippen LogP contribution in [0, 0.1) is 17.6 Å². The lowest BCUT2D eigenvalue weighted by Crippen LogP contribution is -2.46. The summed E-state index contributed by atoms with van der Waals surface area (Å²) in [6, 6.07) is 2.97. The monoisotopic (exact) mass is 514 g/mol. The van der Waals surface area contributed by atoms with Gasteiger partial charge in [-0.15, -0.1) is 12.4 Å². The summed E-state index contributed by atoms with van der Waals surface area (Å²) in [5, 5.41) is 6.65. The van der Waals surface area contributed by atoms with Crippen molar-refractivity contribution in [2.24, 2.45) is 13.0 Å². The van der Waals surface area contributed by atoms with Crippen LogP contribution in [-0.2, 0) is 16.6 Å². The van der Waals surface area contributed by atoms with Crippen LogP contribution >= 0.6 is 24.0 Å². The fourth-order valence-corrected chi connectivity index (χ4v) is 4.53. The second kappa shape index (κ2) is 11.2. The van der Waals surface area contributed by atoms with Crippen molar-refractivity contribution in [1.29, 1.82) is 0 Å². The molecule has 0 saturated heterocycles. The maximum Gasteiger partial charge on any atom is 0.251 e. The first-order valence-electron chi connectivity index (χ1n) is 10.9. The molecule has 2 amide bonds. The molecular formula is C23H26Cl2F2N4O3. The van der Waals surface area contributed by atoms with Crippen LogP contribution in [0.2, 0.25) is 5.02 Å². The van der Waals surface area contributed by atoms with Crippen molar-refractivity contribution in [1.82, 2.24) is 14.7 Å². The predicted octanol–water partition coefficient (Wildman–Crippen LogP) is 4.86. The number of ether oxygens (including phenoxy) is 1. The number of carbonyl (C=O) groups excluding carboxylic acids is 2. The molecule has 1 N–H and O–H groups in total. The van der Waals surface area contributed by atoms with Crippen LogP contribution in [0.1, 0.15) is 38.5 Å². The van der Waals surface area contributed by atoms with Crippen molar-refractivity contribution in [3.05, 3.63) is 52.9 Å². The molecule has 2 heterocycles. The average molecular weight is 515 g/mol. The Balaban J connectivity index is 0.00000324. The maximum atomic E-state index is 14.3. The number of amides is 2. The number of carbonyl (C=O) groups is 2. The summed E-state index contributed by atoms with van der Waals surface area (Å²) in [6.07, 6.45) is 8.68. The van der Waals surface area contributed by atoms with Gasteiger partial charge in [-0.2, -0.15) is 5.10 Å². The standard InChI is InChI=1S/C23H25ClF2N4O3.ClH/c1-29-10-9-19(28-29)27-23(32)18(11-14-5-3-2-4-6-14)30-13-15(12-20(30)31)33-22-17(25)8-7-16(24)21(22)26;/h7-10,12,14,18H,2-6,11,13H2,1H3,(H,27,28,32);1H. The SMILES string of the molecule is Cl.Cn1ccc(NC(=O)C(CC2CCCCC2)N2CC(Oc3c(F)ccc(Cl)c3F)=CC2=O)n1. The van der Waals surface area contributed by atoms with Gasteiger partial charge < -0.3 is 15.0 Å². The predicted molar refractivity (Wildman–Crippen MR) is 126 cm³/mol. The summed E-state index contributed by atoms with van der Waals surface area (Å²) < 4.78 is 35.3. The number of aryl methyl sites for hydroxylation is 1. The molecule has 1 aromatic carbocycles. The third-order valence-corrected chi connectivity index (χ3v) is 6.35. The zero-order valence-electron chi connectivity index (χ0n) is 18.6. The Bertz CT molecular complexity index is 1090. The van der Waals surface area contributed by atoms with E-state index >= 15 is 0 Å². The van der Waals surface area contributed by atoms with Crippen molar-refractivity contribution in [2.75, 3.05) is 11.9 Å². The van der Waals surface area contributed by atoms with E-state index in [-0.39, 0.29) is 35.6 Å². The third kappa shape index (κ3) is 5.88. The van der Waals surface area contributed by atoms with Crippen LogP contribution < -0.4 is 10.1 Å². The Morgan fingerprint density at radius 2 is 2.00 bits per heavy atom. The second-order valence-electron chi connectivity index (χ2n) is 8.47. The summed E-state index contributed by atoms with van der Waals surface area (Å²) in [4.78, 5) is 27.4. The van der Waals surface area contributed by atoms with Crippen LogP contribution in [0.4, 0.5) is 14.6 Å². The summed E-state index contributed by atoms with van der Waals surface area (Å²) in [6.45, 7) is -0.0861. The lowest BCUT2D eigenvalue weighted by atomic mass is 9.84. The van der Waals surface area contributed by atoms with Crippen LogP contribution in [0.15, 0.2) is 36.2 Å². The number of rotatable bonds is 7. The van der Waals surface area contributed by atoms with Crippen molar-refractivity contribution < 1.29 is 23.1 Å². The minimum atomic E-state index is -1.05. The van der Waals surface area contributed by atoms with Crippen LogP contribution in [0.3, 0.4) is 0 Å². The van der Waals surface area contributed by atoms with E-state index in [2.05, 4.69) is 10.4 Å². The first-order chi connectivity index (χ1) is 15.8. The number of nitrogens with zero attached hydrogens (tertiary/aromatic N) is 3. The molecule has 7 nitrogen and oxygen atoms in total. The molecule has 34 heavy (non-hydrogen) atoms. The molecule has 11 heteroatoms. The maximum absolute atomic E-state index is 14.3. The Hall–Kier alpha value is -2.65. The summed E-state index contributed by atoms with van der Waals surface area (Å²) in [5.41, 5.74) is 0. The Kier molecular flexibility index (Phi) is 8.54. The number of nitrogens with one attached hydrogen (secondary N) is 1. The zero-order chi connectivity index (χ0) is 23.5. The molecule has 2 aromatic rings. The Labute approximate surface area is 207 Å². The number of anilines is 1. The summed E-state index contributed by atoms with van der Waals surface area (Å²) in [5.74, 6) is -2.74. The highest BCUT2D eigenvalue weighted by molar-refractivity contribution is 6.30. The number of hydrogen-bond acceptors (Lipinski definition) is 4. The Morgan fingerprint density at radius 1 is 1.26 bits per heavy atom. The van der Waals surface area contributed by atoms with Gasteiger partial charge in [-0.25, -0.2) is 8.78 Å². The largest absolute Gasteiger partial charge is 0.453 e. The minimum absolute atomic E-state index is 0. The molecule has 1 fully saturated rings. The molecule has 184 valence electrons. The van der Waals surface area contributed by atoms with Crippen LogP contribution in [0.25, 0.3) is 0 Å². The minimum Gasteiger partial charge on any atom is -0.453 e. The molecular weight excluding hydrogens is 489 g/mol. The molecule has 1 unspecified atom stereocenters. The fourth-order valence-electron chi connectivity index (χ4n) is 4.38. The van der Waals surface area contributed by atoms with E-state index in [1.807, 2.05) is 0 Å². The van der Waals surface area contributed by atoms with Crippen molar-refractivity contribution in [2.45, 2.75) is 44.6 Å². The van der Waals surface area contributed by atoms with E-state index in [1.165, 1.54) is 11.3 Å². The molecule has 1 aliphatic heterocycles. The Morgan fingerprint density at radius 3 is 2.68 bits per heavy atom. The highest BCUT2D eigenvalue weighted by Gasteiger charge is 2.36. The topological polar surface area (TPSA) is 76.5 Å². The third-order valence-electron chi connectivity index (χ3n) is 6.05. The van der Waals surface area contributed by atoms with Gasteiger partial charge in [0.25, 0.3) is 5.91 Å². The second-order valence-corrected chi connectivity index (χ2v) is 8.88. The van der Waals surface area contributed by atoms with E-state index in [4.69, 9.17) is 16.3 Å². The van der Waals surface area contributed by atoms with Crippen molar-refractivity contribution in [3.63, 3.8) is 0 Å². The first-order valence-corrected chi connectivity index (χ1v) is 11.3. The van der Waals surface area contributed by atoms with E-state index in [0.29, 0.717) is 18.2 Å². The van der Waals surface area contributed by atoms with Gasteiger partial charge in [0, 0.05) is 25.4 Å². The molecule has 0 radical (unpaired) electrons. The summed E-state index contributed by atoms with van der Waals surface area (Å²) in [7, 11) is 1.74.